The summed E-state index contributed by atoms with van der Waals surface area (Å²) in [5.74, 6) is 0.639. The Balaban J connectivity index is 1.50. The summed E-state index contributed by atoms with van der Waals surface area (Å²) in [4.78, 5) is 18.0. The fraction of sp³-hybridized carbons (Fsp3) is 0.450. The van der Waals surface area contributed by atoms with Crippen LogP contribution in [0, 0.1) is 5.92 Å². The number of rotatable bonds is 2. The number of hydrogen-bond donors (Lipinski definition) is 1. The predicted molar refractivity (Wildman–Crippen MR) is 99.1 cm³/mol. The Kier molecular flexibility index (Phi) is 4.36. The van der Waals surface area contributed by atoms with Crippen molar-refractivity contribution in [3.63, 3.8) is 0 Å². The molecule has 1 aromatic heterocycles. The average Bonchev–Trinajstić information content (AvgIpc) is 3.05. The molecule has 2 aromatic rings. The van der Waals surface area contributed by atoms with Gasteiger partial charge in [-0.3, -0.25) is 4.79 Å². The Morgan fingerprint density at radius 3 is 2.79 bits per heavy atom. The van der Waals surface area contributed by atoms with Gasteiger partial charge in [0.05, 0.1) is 0 Å². The van der Waals surface area contributed by atoms with Crippen LogP contribution in [0.4, 0.5) is 0 Å². The molecule has 0 radical (unpaired) electrons. The minimum atomic E-state index is 0.268. The SMILES string of the molecule is O=C(C1CCCCC1)N1CC=C(c2c[nH]c3cc(Cl)ccc23)CC1. The van der Waals surface area contributed by atoms with E-state index in [1.807, 2.05) is 17.0 Å². The molecule has 0 saturated heterocycles. The number of benzene rings is 1. The molecule has 4 heteroatoms. The van der Waals surface area contributed by atoms with Gasteiger partial charge < -0.3 is 9.88 Å². The second-order valence-electron chi connectivity index (χ2n) is 6.99. The molecule has 2 aliphatic rings. The second-order valence-corrected chi connectivity index (χ2v) is 7.43. The quantitative estimate of drug-likeness (QED) is 0.817. The molecule has 0 atom stereocenters. The molecular formula is C20H23ClN2O. The van der Waals surface area contributed by atoms with Crippen molar-refractivity contribution in [2.45, 2.75) is 38.5 Å². The molecule has 1 amide bonds. The number of fused-ring (bicyclic) bond motifs is 1. The minimum absolute atomic E-state index is 0.268. The number of aromatic nitrogens is 1. The largest absolute Gasteiger partial charge is 0.361 e. The fourth-order valence-electron chi connectivity index (χ4n) is 4.09. The molecule has 0 bridgehead atoms. The molecule has 0 spiro atoms. The Labute approximate surface area is 147 Å². The maximum Gasteiger partial charge on any atom is 0.225 e. The molecule has 126 valence electrons. The first-order chi connectivity index (χ1) is 11.7. The van der Waals surface area contributed by atoms with E-state index < -0.39 is 0 Å². The highest BCUT2D eigenvalue weighted by Gasteiger charge is 2.27. The van der Waals surface area contributed by atoms with Crippen LogP contribution in [0.2, 0.25) is 5.02 Å². The molecule has 1 aliphatic heterocycles. The summed E-state index contributed by atoms with van der Waals surface area (Å²) < 4.78 is 0. The number of aromatic amines is 1. The average molecular weight is 343 g/mol. The van der Waals surface area contributed by atoms with Gasteiger partial charge in [-0.2, -0.15) is 0 Å². The van der Waals surface area contributed by atoms with Gasteiger partial charge in [0.15, 0.2) is 0 Å². The smallest absolute Gasteiger partial charge is 0.225 e. The third-order valence-electron chi connectivity index (χ3n) is 5.46. The highest BCUT2D eigenvalue weighted by Crippen LogP contribution is 2.32. The number of carbonyl (C=O) groups is 1. The minimum Gasteiger partial charge on any atom is -0.361 e. The number of H-pyrrole nitrogens is 1. The van der Waals surface area contributed by atoms with Crippen LogP contribution in [0.5, 0.6) is 0 Å². The van der Waals surface area contributed by atoms with E-state index in [0.717, 1.165) is 42.9 Å². The van der Waals surface area contributed by atoms with Crippen LogP contribution < -0.4 is 0 Å². The molecule has 1 N–H and O–H groups in total. The van der Waals surface area contributed by atoms with Gasteiger partial charge in [-0.15, -0.1) is 0 Å². The van der Waals surface area contributed by atoms with Crippen LogP contribution >= 0.6 is 11.6 Å². The van der Waals surface area contributed by atoms with Gasteiger partial charge in [-0.25, -0.2) is 0 Å². The molecule has 3 nitrogen and oxygen atoms in total. The zero-order valence-corrected chi connectivity index (χ0v) is 14.6. The molecule has 1 saturated carbocycles. The van der Waals surface area contributed by atoms with Crippen LogP contribution in [0.15, 0.2) is 30.5 Å². The van der Waals surface area contributed by atoms with E-state index in [9.17, 15) is 4.79 Å². The number of carbonyl (C=O) groups excluding carboxylic acids is 1. The predicted octanol–water partition coefficient (Wildman–Crippen LogP) is 5.02. The van der Waals surface area contributed by atoms with Gasteiger partial charge in [0.1, 0.15) is 0 Å². The summed E-state index contributed by atoms with van der Waals surface area (Å²) in [6.45, 7) is 1.58. The van der Waals surface area contributed by atoms with Crippen molar-refractivity contribution in [3.8, 4) is 0 Å². The van der Waals surface area contributed by atoms with E-state index in [1.54, 1.807) is 0 Å². The lowest BCUT2D eigenvalue weighted by molar-refractivity contribution is -0.136. The molecule has 4 rings (SSSR count). The van der Waals surface area contributed by atoms with E-state index in [1.165, 1.54) is 35.8 Å². The first-order valence-electron chi connectivity index (χ1n) is 8.97. The molecule has 2 heterocycles. The number of amides is 1. The Morgan fingerprint density at radius 2 is 2.04 bits per heavy atom. The Hall–Kier alpha value is -1.74. The van der Waals surface area contributed by atoms with E-state index in [4.69, 9.17) is 11.6 Å². The lowest BCUT2D eigenvalue weighted by Crippen LogP contribution is -2.39. The molecule has 24 heavy (non-hydrogen) atoms. The van der Waals surface area contributed by atoms with E-state index in [-0.39, 0.29) is 5.92 Å². The lowest BCUT2D eigenvalue weighted by atomic mass is 9.87. The van der Waals surface area contributed by atoms with Gasteiger partial charge >= 0.3 is 0 Å². The summed E-state index contributed by atoms with van der Waals surface area (Å²) in [5.41, 5.74) is 3.64. The van der Waals surface area contributed by atoms with Gasteiger partial charge in [-0.05, 0) is 37.0 Å². The first-order valence-corrected chi connectivity index (χ1v) is 9.35. The maximum absolute atomic E-state index is 12.7. The number of halogens is 1. The summed E-state index contributed by atoms with van der Waals surface area (Å²) in [6, 6.07) is 5.97. The highest BCUT2D eigenvalue weighted by atomic mass is 35.5. The van der Waals surface area contributed by atoms with Crippen molar-refractivity contribution in [2.75, 3.05) is 13.1 Å². The molecule has 1 fully saturated rings. The van der Waals surface area contributed by atoms with Crippen molar-refractivity contribution >= 4 is 34.0 Å². The van der Waals surface area contributed by atoms with Gasteiger partial charge in [0.2, 0.25) is 5.91 Å². The van der Waals surface area contributed by atoms with Crippen molar-refractivity contribution in [2.24, 2.45) is 5.92 Å². The molecule has 0 unspecified atom stereocenters. The summed E-state index contributed by atoms with van der Waals surface area (Å²) in [6.07, 6.45) is 11.1. The molecule has 1 aliphatic carbocycles. The highest BCUT2D eigenvalue weighted by molar-refractivity contribution is 6.31. The summed E-state index contributed by atoms with van der Waals surface area (Å²) >= 11 is 6.06. The van der Waals surface area contributed by atoms with Crippen LogP contribution in [0.25, 0.3) is 16.5 Å². The van der Waals surface area contributed by atoms with Crippen LogP contribution in [-0.2, 0) is 4.79 Å². The standard InChI is InChI=1S/C20H23ClN2O/c21-16-6-7-17-18(13-22-19(17)12-16)14-8-10-23(11-9-14)20(24)15-4-2-1-3-5-15/h6-8,12-13,15,22H,1-5,9-11H2. The van der Waals surface area contributed by atoms with Crippen molar-refractivity contribution < 1.29 is 4.79 Å². The monoisotopic (exact) mass is 342 g/mol. The normalized spacial score (nSPS) is 19.5. The van der Waals surface area contributed by atoms with Gasteiger partial charge in [0.25, 0.3) is 0 Å². The fourth-order valence-corrected chi connectivity index (χ4v) is 4.26. The van der Waals surface area contributed by atoms with E-state index in [0.29, 0.717) is 5.91 Å². The zero-order valence-electron chi connectivity index (χ0n) is 13.9. The number of nitrogens with one attached hydrogen (secondary N) is 1. The van der Waals surface area contributed by atoms with Gasteiger partial charge in [0, 0.05) is 46.7 Å². The van der Waals surface area contributed by atoms with Crippen LogP contribution in [0.3, 0.4) is 0 Å². The van der Waals surface area contributed by atoms with E-state index >= 15 is 0 Å². The Morgan fingerprint density at radius 1 is 1.21 bits per heavy atom. The molecule has 1 aromatic carbocycles. The van der Waals surface area contributed by atoms with E-state index in [2.05, 4.69) is 23.3 Å². The third kappa shape index (κ3) is 2.98. The summed E-state index contributed by atoms with van der Waals surface area (Å²) in [7, 11) is 0. The number of nitrogens with zero attached hydrogens (tertiary/aromatic N) is 1. The zero-order chi connectivity index (χ0) is 16.5. The maximum atomic E-state index is 12.7. The first kappa shape index (κ1) is 15.8. The Bertz CT molecular complexity index is 786. The third-order valence-corrected chi connectivity index (χ3v) is 5.70. The lowest BCUT2D eigenvalue weighted by Gasteiger charge is -2.31. The molecular weight excluding hydrogens is 320 g/mol. The van der Waals surface area contributed by atoms with Crippen LogP contribution in [0.1, 0.15) is 44.1 Å². The second kappa shape index (κ2) is 6.64. The van der Waals surface area contributed by atoms with Crippen LogP contribution in [-0.4, -0.2) is 28.9 Å². The van der Waals surface area contributed by atoms with Crippen molar-refractivity contribution in [1.82, 2.24) is 9.88 Å². The van der Waals surface area contributed by atoms with Crippen molar-refractivity contribution in [3.05, 3.63) is 41.1 Å². The van der Waals surface area contributed by atoms with Gasteiger partial charge in [-0.1, -0.05) is 43.0 Å². The number of hydrogen-bond acceptors (Lipinski definition) is 1. The summed E-state index contributed by atoms with van der Waals surface area (Å²) in [5, 5.41) is 1.95. The topological polar surface area (TPSA) is 36.1 Å². The van der Waals surface area contributed by atoms with Crippen molar-refractivity contribution in [1.29, 1.82) is 0 Å².